The summed E-state index contributed by atoms with van der Waals surface area (Å²) in [5.74, 6) is 1.69. The molecule has 35 heavy (non-hydrogen) atoms. The van der Waals surface area contributed by atoms with Crippen LogP contribution in [-0.2, 0) is 11.2 Å². The fourth-order valence-corrected chi connectivity index (χ4v) is 6.14. The van der Waals surface area contributed by atoms with Crippen LogP contribution in [0.4, 0.5) is 5.69 Å². The van der Waals surface area contributed by atoms with Gasteiger partial charge in [-0.25, -0.2) is 0 Å². The Hall–Kier alpha value is -3.03. The highest BCUT2D eigenvalue weighted by atomic mass is 32.1. The van der Waals surface area contributed by atoms with Gasteiger partial charge in [-0.2, -0.15) is 0 Å². The number of rotatable bonds is 6. The summed E-state index contributed by atoms with van der Waals surface area (Å²) >= 11 is 1.74. The lowest BCUT2D eigenvalue weighted by atomic mass is 9.90. The monoisotopic (exact) mass is 491 g/mol. The lowest BCUT2D eigenvalue weighted by Gasteiger charge is -2.40. The Balaban J connectivity index is 1.32. The van der Waals surface area contributed by atoms with Crippen molar-refractivity contribution in [3.8, 4) is 11.5 Å². The quantitative estimate of drug-likeness (QED) is 0.512. The van der Waals surface area contributed by atoms with E-state index in [1.165, 1.54) is 27.3 Å². The van der Waals surface area contributed by atoms with Crippen LogP contribution in [0.25, 0.3) is 0 Å². The lowest BCUT2D eigenvalue weighted by Crippen LogP contribution is -2.52. The highest BCUT2D eigenvalue weighted by Gasteiger charge is 2.33. The number of hydrogen-bond donors (Lipinski definition) is 0. The average molecular weight is 492 g/mol. The molecule has 0 spiro atoms. The van der Waals surface area contributed by atoms with E-state index in [9.17, 15) is 4.79 Å². The molecule has 3 heterocycles. The Bertz CT molecular complexity index is 1170. The fourth-order valence-electron chi connectivity index (χ4n) is 5.26. The molecule has 2 aromatic carbocycles. The molecule has 1 saturated heterocycles. The molecular weight excluding hydrogens is 458 g/mol. The van der Waals surface area contributed by atoms with Gasteiger partial charge in [0, 0.05) is 43.3 Å². The van der Waals surface area contributed by atoms with E-state index in [-0.39, 0.29) is 11.9 Å². The Kier molecular flexibility index (Phi) is 6.97. The second-order valence-corrected chi connectivity index (χ2v) is 10.2. The topological polar surface area (TPSA) is 45.3 Å². The van der Waals surface area contributed by atoms with E-state index in [1.807, 2.05) is 4.90 Å². The summed E-state index contributed by atoms with van der Waals surface area (Å²) in [6.45, 7) is 6.61. The van der Waals surface area contributed by atoms with Crippen molar-refractivity contribution < 1.29 is 14.3 Å². The molecule has 7 heteroatoms. The zero-order chi connectivity index (χ0) is 24.4. The Morgan fingerprint density at radius 2 is 1.74 bits per heavy atom. The summed E-state index contributed by atoms with van der Waals surface area (Å²) in [5.41, 5.74) is 4.97. The average Bonchev–Trinajstić information content (AvgIpc) is 3.42. The number of piperazine rings is 1. The molecule has 3 aromatic rings. The van der Waals surface area contributed by atoms with Gasteiger partial charge in [0.1, 0.15) is 0 Å². The maximum absolute atomic E-state index is 13.4. The van der Waals surface area contributed by atoms with E-state index >= 15 is 0 Å². The molecule has 2 aliphatic rings. The number of nitrogens with zero attached hydrogens (tertiary/aromatic N) is 3. The first-order valence-corrected chi connectivity index (χ1v) is 13.1. The molecule has 2 aliphatic heterocycles. The first-order valence-electron chi connectivity index (χ1n) is 12.2. The van der Waals surface area contributed by atoms with Crippen LogP contribution in [0, 0.1) is 6.92 Å². The minimum absolute atomic E-state index is 0.0380. The van der Waals surface area contributed by atoms with Crippen LogP contribution in [0.1, 0.15) is 27.6 Å². The van der Waals surface area contributed by atoms with E-state index in [1.54, 1.807) is 25.6 Å². The van der Waals surface area contributed by atoms with Crippen molar-refractivity contribution in [3.05, 3.63) is 75.5 Å². The number of amides is 1. The van der Waals surface area contributed by atoms with E-state index in [0.717, 1.165) is 50.6 Å². The summed E-state index contributed by atoms with van der Waals surface area (Å²) in [6.07, 6.45) is 0.881. The van der Waals surface area contributed by atoms with Crippen LogP contribution in [0.5, 0.6) is 11.5 Å². The largest absolute Gasteiger partial charge is 0.493 e. The lowest BCUT2D eigenvalue weighted by molar-refractivity contribution is -0.133. The minimum Gasteiger partial charge on any atom is -0.493 e. The van der Waals surface area contributed by atoms with Crippen molar-refractivity contribution in [2.24, 2.45) is 0 Å². The third kappa shape index (κ3) is 4.88. The summed E-state index contributed by atoms with van der Waals surface area (Å²) in [5, 5.41) is 2.11. The second kappa shape index (κ2) is 10.3. The van der Waals surface area contributed by atoms with Crippen molar-refractivity contribution in [1.29, 1.82) is 0 Å². The third-order valence-electron chi connectivity index (χ3n) is 7.12. The van der Waals surface area contributed by atoms with Crippen molar-refractivity contribution >= 4 is 22.9 Å². The molecule has 0 saturated carbocycles. The van der Waals surface area contributed by atoms with Crippen molar-refractivity contribution in [2.75, 3.05) is 58.4 Å². The van der Waals surface area contributed by atoms with Gasteiger partial charge in [0.15, 0.2) is 11.5 Å². The van der Waals surface area contributed by atoms with Crippen LogP contribution in [0.15, 0.2) is 53.9 Å². The summed E-state index contributed by atoms with van der Waals surface area (Å²) in [7, 11) is 3.35. The number of ether oxygens (including phenoxy) is 2. The number of methoxy groups -OCH3 is 2. The summed E-state index contributed by atoms with van der Waals surface area (Å²) in [6, 6.07) is 17.1. The molecule has 184 valence electrons. The van der Waals surface area contributed by atoms with Gasteiger partial charge in [-0.1, -0.05) is 18.2 Å². The van der Waals surface area contributed by atoms with Gasteiger partial charge in [-0.15, -0.1) is 11.3 Å². The number of fused-ring (bicyclic) bond motifs is 1. The van der Waals surface area contributed by atoms with Crippen molar-refractivity contribution in [1.82, 2.24) is 9.80 Å². The van der Waals surface area contributed by atoms with Crippen molar-refractivity contribution in [2.45, 2.75) is 19.4 Å². The number of thiophene rings is 1. The smallest absolute Gasteiger partial charge is 0.236 e. The minimum atomic E-state index is 0.0380. The van der Waals surface area contributed by atoms with Gasteiger partial charge in [-0.3, -0.25) is 9.69 Å². The highest BCUT2D eigenvalue weighted by Crippen LogP contribution is 2.42. The zero-order valence-electron chi connectivity index (χ0n) is 20.7. The normalized spacial score (nSPS) is 18.3. The van der Waals surface area contributed by atoms with E-state index in [2.05, 4.69) is 70.6 Å². The fraction of sp³-hybridized carbons (Fsp3) is 0.393. The number of hydrogen-bond acceptors (Lipinski definition) is 6. The van der Waals surface area contributed by atoms with E-state index in [0.29, 0.717) is 6.54 Å². The van der Waals surface area contributed by atoms with Gasteiger partial charge in [0.25, 0.3) is 0 Å². The molecule has 5 rings (SSSR count). The predicted octanol–water partition coefficient (Wildman–Crippen LogP) is 4.37. The van der Waals surface area contributed by atoms with Crippen LogP contribution < -0.4 is 14.4 Å². The molecule has 1 atom stereocenters. The van der Waals surface area contributed by atoms with Gasteiger partial charge in [0.2, 0.25) is 5.91 Å². The first kappa shape index (κ1) is 23.7. The molecule has 1 unspecified atom stereocenters. The number of carbonyl (C=O) groups excluding carboxylic acids is 1. The second-order valence-electron chi connectivity index (χ2n) is 9.25. The molecule has 0 bridgehead atoms. The molecular formula is C28H33N3O3S. The highest BCUT2D eigenvalue weighted by molar-refractivity contribution is 7.10. The number of benzene rings is 2. The van der Waals surface area contributed by atoms with Crippen molar-refractivity contribution in [3.63, 3.8) is 0 Å². The van der Waals surface area contributed by atoms with E-state index < -0.39 is 0 Å². The number of carbonyl (C=O) groups is 1. The van der Waals surface area contributed by atoms with Crippen LogP contribution in [-0.4, -0.2) is 69.2 Å². The Labute approximate surface area is 211 Å². The first-order chi connectivity index (χ1) is 17.1. The maximum atomic E-state index is 13.4. The third-order valence-corrected chi connectivity index (χ3v) is 8.05. The van der Waals surface area contributed by atoms with Crippen LogP contribution in [0.2, 0.25) is 0 Å². The number of anilines is 1. The molecule has 1 amide bonds. The molecule has 1 aromatic heterocycles. The molecule has 1 fully saturated rings. The molecule has 0 radical (unpaired) electrons. The molecule has 6 nitrogen and oxygen atoms in total. The predicted molar refractivity (Wildman–Crippen MR) is 141 cm³/mol. The summed E-state index contributed by atoms with van der Waals surface area (Å²) in [4.78, 5) is 21.4. The Morgan fingerprint density at radius 1 is 0.971 bits per heavy atom. The van der Waals surface area contributed by atoms with E-state index in [4.69, 9.17) is 9.47 Å². The van der Waals surface area contributed by atoms with Crippen LogP contribution in [0.3, 0.4) is 0 Å². The van der Waals surface area contributed by atoms with Crippen LogP contribution >= 0.6 is 11.3 Å². The SMILES string of the molecule is COc1cc2c(cc1OC)C(c1cccs1)N(CC(=O)N1CCN(c3cccc(C)c3)CC1)CC2. The van der Waals surface area contributed by atoms with Gasteiger partial charge in [-0.05, 0) is 65.7 Å². The van der Waals surface area contributed by atoms with Gasteiger partial charge < -0.3 is 19.3 Å². The molecule has 0 N–H and O–H groups in total. The Morgan fingerprint density at radius 3 is 2.43 bits per heavy atom. The molecule has 0 aliphatic carbocycles. The van der Waals surface area contributed by atoms with Gasteiger partial charge >= 0.3 is 0 Å². The summed E-state index contributed by atoms with van der Waals surface area (Å²) < 4.78 is 11.2. The number of aryl methyl sites for hydroxylation is 1. The standard InChI is InChI=1S/C28H33N3O3S/c1-20-6-4-7-22(16-20)29-11-13-30(14-12-29)27(32)19-31-10-9-21-17-24(33-2)25(34-3)18-23(21)28(31)26-8-5-15-35-26/h4-8,15-18,28H,9-14,19H2,1-3H3. The maximum Gasteiger partial charge on any atom is 0.236 e. The zero-order valence-corrected chi connectivity index (χ0v) is 21.5. The van der Waals surface area contributed by atoms with Gasteiger partial charge in [0.05, 0.1) is 26.8 Å².